The second kappa shape index (κ2) is 8.02. The zero-order valence-electron chi connectivity index (χ0n) is 12.9. The summed E-state index contributed by atoms with van der Waals surface area (Å²) in [4.78, 5) is 14.2. The summed E-state index contributed by atoms with van der Waals surface area (Å²) in [6, 6.07) is 5.20. The maximum absolute atomic E-state index is 12.1. The van der Waals surface area contributed by atoms with Gasteiger partial charge in [0, 0.05) is 12.2 Å². The van der Waals surface area contributed by atoms with E-state index in [0.29, 0.717) is 29.5 Å². The quantitative estimate of drug-likeness (QED) is 0.857. The van der Waals surface area contributed by atoms with Gasteiger partial charge in [-0.05, 0) is 43.1 Å². The van der Waals surface area contributed by atoms with Crippen LogP contribution in [0.1, 0.15) is 13.3 Å². The van der Waals surface area contributed by atoms with Crippen molar-refractivity contribution < 1.29 is 9.53 Å². The number of nitrogens with one attached hydrogen (secondary N) is 1. The number of halogens is 2. The molecule has 0 radical (unpaired) electrons. The molecule has 124 valence electrons. The van der Waals surface area contributed by atoms with Gasteiger partial charge in [0.05, 0.1) is 18.7 Å². The van der Waals surface area contributed by atoms with E-state index in [-0.39, 0.29) is 23.7 Å². The largest absolute Gasteiger partial charge is 0.495 e. The number of methoxy groups -OCH3 is 1. The zero-order valence-corrected chi connectivity index (χ0v) is 14.5. The number of benzene rings is 1. The fourth-order valence-electron chi connectivity index (χ4n) is 2.58. The predicted octanol–water partition coefficient (Wildman–Crippen LogP) is 2.38. The average molecular weight is 348 g/mol. The molecule has 1 atom stereocenters. The molecule has 22 heavy (non-hydrogen) atoms. The Morgan fingerprint density at radius 2 is 2.27 bits per heavy atom. The van der Waals surface area contributed by atoms with E-state index in [0.717, 1.165) is 19.5 Å². The molecule has 0 aliphatic carbocycles. The number of carbonyl (C=O) groups is 1. The van der Waals surface area contributed by atoms with E-state index in [1.165, 1.54) is 0 Å². The normalized spacial score (nSPS) is 21.3. The minimum Gasteiger partial charge on any atom is -0.495 e. The maximum atomic E-state index is 12.1. The molecule has 1 aromatic rings. The lowest BCUT2D eigenvalue weighted by Gasteiger charge is -2.22. The number of anilines is 1. The monoisotopic (exact) mass is 347 g/mol. The van der Waals surface area contributed by atoms with E-state index >= 15 is 0 Å². The highest BCUT2D eigenvalue weighted by Crippen LogP contribution is 2.29. The van der Waals surface area contributed by atoms with Crippen molar-refractivity contribution >= 4 is 35.6 Å². The Kier molecular flexibility index (Phi) is 6.94. The lowest BCUT2D eigenvalue weighted by atomic mass is 9.90. The Morgan fingerprint density at radius 1 is 1.55 bits per heavy atom. The first-order chi connectivity index (χ1) is 9.95. The van der Waals surface area contributed by atoms with Crippen molar-refractivity contribution in [1.82, 2.24) is 4.90 Å². The Labute approximate surface area is 142 Å². The van der Waals surface area contributed by atoms with Gasteiger partial charge in [-0.25, -0.2) is 0 Å². The molecule has 1 fully saturated rings. The molecule has 1 amide bonds. The lowest BCUT2D eigenvalue weighted by Crippen LogP contribution is -2.35. The van der Waals surface area contributed by atoms with Crippen molar-refractivity contribution in [2.45, 2.75) is 13.3 Å². The van der Waals surface area contributed by atoms with Crippen molar-refractivity contribution in [3.63, 3.8) is 0 Å². The van der Waals surface area contributed by atoms with Gasteiger partial charge in [-0.2, -0.15) is 0 Å². The minimum atomic E-state index is -0.0440. The van der Waals surface area contributed by atoms with E-state index in [4.69, 9.17) is 22.1 Å². The van der Waals surface area contributed by atoms with Crippen LogP contribution in [0.4, 0.5) is 5.69 Å². The Balaban J connectivity index is 0.00000242. The van der Waals surface area contributed by atoms with Crippen molar-refractivity contribution in [2.75, 3.05) is 38.6 Å². The molecule has 1 aliphatic heterocycles. The molecule has 0 saturated carbocycles. The average Bonchev–Trinajstić information content (AvgIpc) is 2.81. The second-order valence-electron chi connectivity index (χ2n) is 5.87. The van der Waals surface area contributed by atoms with Gasteiger partial charge in [-0.1, -0.05) is 18.5 Å². The van der Waals surface area contributed by atoms with Crippen LogP contribution >= 0.6 is 24.0 Å². The highest BCUT2D eigenvalue weighted by atomic mass is 35.5. The van der Waals surface area contributed by atoms with Gasteiger partial charge in [0.1, 0.15) is 5.75 Å². The summed E-state index contributed by atoms with van der Waals surface area (Å²) < 4.78 is 5.08. The summed E-state index contributed by atoms with van der Waals surface area (Å²) in [7, 11) is 1.56. The summed E-state index contributed by atoms with van der Waals surface area (Å²) >= 11 is 6.04. The number of nitrogens with zero attached hydrogens (tertiary/aromatic N) is 1. The van der Waals surface area contributed by atoms with Crippen LogP contribution in [-0.2, 0) is 4.79 Å². The van der Waals surface area contributed by atoms with Gasteiger partial charge >= 0.3 is 0 Å². The fourth-order valence-corrected chi connectivity index (χ4v) is 2.83. The first-order valence-electron chi connectivity index (χ1n) is 7.01. The molecule has 5 nitrogen and oxygen atoms in total. The van der Waals surface area contributed by atoms with Crippen molar-refractivity contribution in [2.24, 2.45) is 11.1 Å². The molecule has 1 saturated heterocycles. The molecule has 1 aliphatic rings. The van der Waals surface area contributed by atoms with Crippen molar-refractivity contribution in [3.05, 3.63) is 23.2 Å². The number of amides is 1. The third-order valence-corrected chi connectivity index (χ3v) is 4.23. The molecular formula is C15H23Cl2N3O2. The first-order valence-corrected chi connectivity index (χ1v) is 7.39. The van der Waals surface area contributed by atoms with Crippen LogP contribution in [-0.4, -0.2) is 44.1 Å². The van der Waals surface area contributed by atoms with Gasteiger partial charge in [0.25, 0.3) is 0 Å². The summed E-state index contributed by atoms with van der Waals surface area (Å²) in [6.07, 6.45) is 1.03. The number of carbonyl (C=O) groups excluding carboxylic acids is 1. The fraction of sp³-hybridized carbons (Fsp3) is 0.533. The van der Waals surface area contributed by atoms with Gasteiger partial charge in [-0.3, -0.25) is 9.69 Å². The molecule has 7 heteroatoms. The summed E-state index contributed by atoms with van der Waals surface area (Å²) in [5.41, 5.74) is 6.58. The van der Waals surface area contributed by atoms with Crippen LogP contribution in [0.2, 0.25) is 5.02 Å². The highest BCUT2D eigenvalue weighted by molar-refractivity contribution is 6.32. The van der Waals surface area contributed by atoms with Crippen LogP contribution in [0.15, 0.2) is 18.2 Å². The summed E-state index contributed by atoms with van der Waals surface area (Å²) in [6.45, 7) is 4.96. The van der Waals surface area contributed by atoms with E-state index in [1.54, 1.807) is 25.3 Å². The number of ether oxygens (including phenoxy) is 1. The molecule has 3 N–H and O–H groups in total. The van der Waals surface area contributed by atoms with Gasteiger partial charge in [0.2, 0.25) is 5.91 Å². The Morgan fingerprint density at radius 3 is 2.82 bits per heavy atom. The van der Waals surface area contributed by atoms with E-state index < -0.39 is 0 Å². The van der Waals surface area contributed by atoms with Crippen LogP contribution in [0, 0.1) is 5.41 Å². The molecule has 2 rings (SSSR count). The summed E-state index contributed by atoms with van der Waals surface area (Å²) in [5, 5.41) is 3.33. The third kappa shape index (κ3) is 4.74. The minimum absolute atomic E-state index is 0. The van der Waals surface area contributed by atoms with Crippen LogP contribution in [0.3, 0.4) is 0 Å². The number of rotatable bonds is 5. The second-order valence-corrected chi connectivity index (χ2v) is 6.28. The maximum Gasteiger partial charge on any atom is 0.238 e. The van der Waals surface area contributed by atoms with Crippen LogP contribution < -0.4 is 15.8 Å². The van der Waals surface area contributed by atoms with Gasteiger partial charge in [-0.15, -0.1) is 12.4 Å². The first kappa shape index (κ1) is 19.0. The SMILES string of the molecule is COc1ccc(NC(=O)CN2CCC(C)(CN)C2)cc1Cl.Cl. The highest BCUT2D eigenvalue weighted by Gasteiger charge is 2.33. The smallest absolute Gasteiger partial charge is 0.238 e. The number of hydrogen-bond donors (Lipinski definition) is 2. The van der Waals surface area contributed by atoms with Crippen molar-refractivity contribution in [3.8, 4) is 5.75 Å². The lowest BCUT2D eigenvalue weighted by molar-refractivity contribution is -0.117. The Hall–Kier alpha value is -1.01. The Bertz CT molecular complexity index is 528. The summed E-state index contributed by atoms with van der Waals surface area (Å²) in [5.74, 6) is 0.547. The van der Waals surface area contributed by atoms with Crippen LogP contribution in [0.5, 0.6) is 5.75 Å². The van der Waals surface area contributed by atoms with E-state index in [9.17, 15) is 4.79 Å². The standard InChI is InChI=1S/C15H22ClN3O2.ClH/c1-15(9-17)5-6-19(10-15)8-14(20)18-11-3-4-13(21-2)12(16)7-11;/h3-4,7H,5-6,8-10,17H2,1-2H3,(H,18,20);1H. The number of hydrogen-bond acceptors (Lipinski definition) is 4. The molecular weight excluding hydrogens is 325 g/mol. The van der Waals surface area contributed by atoms with Gasteiger partial charge in [0.15, 0.2) is 0 Å². The molecule has 1 unspecified atom stereocenters. The molecule has 0 spiro atoms. The molecule has 1 heterocycles. The zero-order chi connectivity index (χ0) is 15.5. The van der Waals surface area contributed by atoms with Crippen molar-refractivity contribution in [1.29, 1.82) is 0 Å². The van der Waals surface area contributed by atoms with Crippen LogP contribution in [0.25, 0.3) is 0 Å². The van der Waals surface area contributed by atoms with E-state index in [2.05, 4.69) is 17.1 Å². The molecule has 1 aromatic carbocycles. The van der Waals surface area contributed by atoms with E-state index in [1.807, 2.05) is 0 Å². The van der Waals surface area contributed by atoms with Gasteiger partial charge < -0.3 is 15.8 Å². The molecule has 0 aromatic heterocycles. The topological polar surface area (TPSA) is 67.6 Å². The molecule has 0 bridgehead atoms. The predicted molar refractivity (Wildman–Crippen MR) is 92.1 cm³/mol. The third-order valence-electron chi connectivity index (χ3n) is 3.93. The number of likely N-dealkylation sites (tertiary alicyclic amines) is 1. The number of nitrogens with two attached hydrogens (primary N) is 1.